The van der Waals surface area contributed by atoms with Crippen LogP contribution in [0.2, 0.25) is 0 Å². The molecule has 0 unspecified atom stereocenters. The topological polar surface area (TPSA) is 76.3 Å². The molecule has 0 N–H and O–H groups in total. The van der Waals surface area contributed by atoms with Gasteiger partial charge in [0.15, 0.2) is 11.5 Å². The number of hydrogen-bond donors (Lipinski definition) is 0. The first-order chi connectivity index (χ1) is 12.7. The fourth-order valence-electron chi connectivity index (χ4n) is 4.01. The van der Waals surface area contributed by atoms with E-state index in [1.54, 1.807) is 0 Å². The molecule has 8 heteroatoms. The van der Waals surface area contributed by atoms with Crippen LogP contribution < -0.4 is 0 Å². The summed E-state index contributed by atoms with van der Waals surface area (Å²) in [5, 5.41) is 16.3. The number of piperidine rings is 1. The molecule has 1 saturated heterocycles. The van der Waals surface area contributed by atoms with Crippen LogP contribution >= 0.6 is 11.3 Å². The van der Waals surface area contributed by atoms with Gasteiger partial charge in [-0.2, -0.15) is 9.61 Å². The van der Waals surface area contributed by atoms with Gasteiger partial charge in [0, 0.05) is 24.4 Å². The van der Waals surface area contributed by atoms with Gasteiger partial charge in [0.1, 0.15) is 5.69 Å². The van der Waals surface area contributed by atoms with Crippen LogP contribution in [-0.4, -0.2) is 48.7 Å². The number of aryl methyl sites for hydroxylation is 3. The molecule has 0 radical (unpaired) electrons. The van der Waals surface area contributed by atoms with Crippen molar-refractivity contribution in [2.75, 3.05) is 13.1 Å². The Morgan fingerprint density at radius 3 is 2.85 bits per heavy atom. The van der Waals surface area contributed by atoms with E-state index in [1.165, 1.54) is 29.0 Å². The van der Waals surface area contributed by atoms with Crippen LogP contribution in [0.4, 0.5) is 0 Å². The van der Waals surface area contributed by atoms with Crippen molar-refractivity contribution < 1.29 is 4.79 Å². The molecule has 5 rings (SSSR count). The monoisotopic (exact) mass is 368 g/mol. The zero-order chi connectivity index (χ0) is 17.7. The fourth-order valence-corrected chi connectivity index (χ4v) is 4.60. The number of hydrogen-bond acceptors (Lipinski definition) is 6. The predicted molar refractivity (Wildman–Crippen MR) is 97.5 cm³/mol. The number of rotatable bonds is 2. The van der Waals surface area contributed by atoms with Gasteiger partial charge < -0.3 is 4.90 Å². The molecule has 0 atom stereocenters. The number of carbonyl (C=O) groups is 1. The lowest BCUT2D eigenvalue weighted by Gasteiger charge is -2.30. The van der Waals surface area contributed by atoms with E-state index in [0.717, 1.165) is 55.3 Å². The zero-order valence-electron chi connectivity index (χ0n) is 14.7. The lowest BCUT2D eigenvalue weighted by molar-refractivity contribution is 0.0705. The fraction of sp³-hybridized carbons (Fsp3) is 0.500. The molecule has 26 heavy (non-hydrogen) atoms. The summed E-state index contributed by atoms with van der Waals surface area (Å²) >= 11 is 1.52. The van der Waals surface area contributed by atoms with Crippen LogP contribution in [-0.2, 0) is 12.8 Å². The van der Waals surface area contributed by atoms with E-state index in [4.69, 9.17) is 5.10 Å². The van der Waals surface area contributed by atoms with Crippen molar-refractivity contribution in [3.63, 3.8) is 0 Å². The summed E-state index contributed by atoms with van der Waals surface area (Å²) in [4.78, 5) is 18.8. The number of thiazole rings is 1. The maximum atomic E-state index is 12.6. The van der Waals surface area contributed by atoms with Gasteiger partial charge in [0.25, 0.3) is 5.91 Å². The number of nitrogens with zero attached hydrogens (tertiary/aromatic N) is 6. The number of fused-ring (bicyclic) bond motifs is 2. The minimum atomic E-state index is 0.0369. The van der Waals surface area contributed by atoms with Crippen molar-refractivity contribution in [2.24, 2.45) is 0 Å². The molecule has 1 fully saturated rings. The van der Waals surface area contributed by atoms with Gasteiger partial charge in [0.05, 0.1) is 10.7 Å². The summed E-state index contributed by atoms with van der Waals surface area (Å²) in [5.41, 5.74) is 3.91. The summed E-state index contributed by atoms with van der Waals surface area (Å²) < 4.78 is 1.93. The minimum absolute atomic E-state index is 0.0369. The van der Waals surface area contributed by atoms with Gasteiger partial charge in [-0.1, -0.05) is 0 Å². The van der Waals surface area contributed by atoms with E-state index < -0.39 is 0 Å². The Hall–Kier alpha value is -2.35. The molecule has 1 aliphatic carbocycles. The highest BCUT2D eigenvalue weighted by Crippen LogP contribution is 2.29. The highest BCUT2D eigenvalue weighted by molar-refractivity contribution is 7.09. The molecule has 1 aliphatic heterocycles. The quantitative estimate of drug-likeness (QED) is 0.694. The van der Waals surface area contributed by atoms with Gasteiger partial charge in [-0.25, -0.2) is 4.98 Å². The molecule has 7 nitrogen and oxygen atoms in total. The van der Waals surface area contributed by atoms with E-state index >= 15 is 0 Å². The number of aromatic nitrogens is 5. The molecular weight excluding hydrogens is 348 g/mol. The summed E-state index contributed by atoms with van der Waals surface area (Å²) in [6.45, 7) is 3.37. The summed E-state index contributed by atoms with van der Waals surface area (Å²) in [5.74, 6) is 1.26. The Bertz CT molecular complexity index is 985. The lowest BCUT2D eigenvalue weighted by atomic mass is 9.96. The molecule has 3 aromatic heterocycles. The van der Waals surface area contributed by atoms with Crippen LogP contribution in [0, 0.1) is 6.92 Å². The minimum Gasteiger partial charge on any atom is -0.337 e. The first kappa shape index (κ1) is 15.9. The van der Waals surface area contributed by atoms with Crippen LogP contribution in [0.1, 0.15) is 57.8 Å². The Labute approximate surface area is 155 Å². The van der Waals surface area contributed by atoms with Crippen LogP contribution in [0.5, 0.6) is 0 Å². The molecule has 0 saturated carbocycles. The Morgan fingerprint density at radius 1 is 1.23 bits per heavy atom. The number of likely N-dealkylation sites (tertiary alicyclic amines) is 1. The van der Waals surface area contributed by atoms with Crippen molar-refractivity contribution in [3.05, 3.63) is 39.2 Å². The van der Waals surface area contributed by atoms with Gasteiger partial charge in [-0.3, -0.25) is 4.79 Å². The van der Waals surface area contributed by atoms with Crippen LogP contribution in [0.15, 0.2) is 11.4 Å². The molecule has 1 amide bonds. The van der Waals surface area contributed by atoms with Crippen LogP contribution in [0.3, 0.4) is 0 Å². The average Bonchev–Trinajstić information content (AvgIpc) is 3.38. The Morgan fingerprint density at radius 2 is 2.08 bits per heavy atom. The van der Waals surface area contributed by atoms with E-state index in [2.05, 4.69) is 21.2 Å². The molecular formula is C18H20N6OS. The van der Waals surface area contributed by atoms with Gasteiger partial charge >= 0.3 is 0 Å². The van der Waals surface area contributed by atoms with Gasteiger partial charge in [0.2, 0.25) is 0 Å². The molecule has 4 heterocycles. The second-order valence-corrected chi connectivity index (χ2v) is 8.18. The van der Waals surface area contributed by atoms with Crippen molar-refractivity contribution in [1.29, 1.82) is 0 Å². The van der Waals surface area contributed by atoms with E-state index in [1.807, 2.05) is 21.7 Å². The summed E-state index contributed by atoms with van der Waals surface area (Å²) in [7, 11) is 0. The lowest BCUT2D eigenvalue weighted by Crippen LogP contribution is -2.38. The predicted octanol–water partition coefficient (Wildman–Crippen LogP) is 2.40. The smallest absolute Gasteiger partial charge is 0.273 e. The maximum Gasteiger partial charge on any atom is 0.273 e. The largest absolute Gasteiger partial charge is 0.337 e. The zero-order valence-corrected chi connectivity index (χ0v) is 15.5. The molecule has 2 aliphatic rings. The summed E-state index contributed by atoms with van der Waals surface area (Å²) in [6.07, 6.45) is 5.08. The molecule has 0 spiro atoms. The van der Waals surface area contributed by atoms with E-state index in [0.29, 0.717) is 5.69 Å². The van der Waals surface area contributed by atoms with Crippen LogP contribution in [0.25, 0.3) is 5.65 Å². The Kier molecular flexibility index (Phi) is 3.74. The molecule has 3 aromatic rings. The SMILES string of the molecule is Cc1nc(C(=O)N2CCC(c3nnc4cc5c(nn34)CCC5)CC2)cs1. The second kappa shape index (κ2) is 6.12. The molecule has 0 bridgehead atoms. The molecule has 134 valence electrons. The highest BCUT2D eigenvalue weighted by Gasteiger charge is 2.29. The standard InChI is InChI=1S/C18H20N6OS/c1-11-19-15(10-26-11)18(25)23-7-5-12(6-8-23)17-21-20-16-9-13-3-2-4-14(13)22-24(16)17/h9-10,12H,2-8H2,1H3. The first-order valence-corrected chi connectivity index (χ1v) is 10.0. The van der Waals surface area contributed by atoms with Crippen molar-refractivity contribution in [2.45, 2.75) is 44.9 Å². The maximum absolute atomic E-state index is 12.6. The molecule has 0 aromatic carbocycles. The van der Waals surface area contributed by atoms with Gasteiger partial charge in [-0.05, 0) is 50.7 Å². The normalized spacial score (nSPS) is 17.8. The third-order valence-electron chi connectivity index (χ3n) is 5.43. The third-order valence-corrected chi connectivity index (χ3v) is 6.20. The second-order valence-electron chi connectivity index (χ2n) is 7.12. The van der Waals surface area contributed by atoms with Gasteiger partial charge in [-0.15, -0.1) is 21.5 Å². The first-order valence-electron chi connectivity index (χ1n) is 9.14. The highest BCUT2D eigenvalue weighted by atomic mass is 32.1. The van der Waals surface area contributed by atoms with E-state index in [-0.39, 0.29) is 11.8 Å². The van der Waals surface area contributed by atoms with Crippen molar-refractivity contribution >= 4 is 22.9 Å². The number of carbonyl (C=O) groups excluding carboxylic acids is 1. The Balaban J connectivity index is 1.34. The average molecular weight is 368 g/mol. The van der Waals surface area contributed by atoms with Crippen molar-refractivity contribution in [3.8, 4) is 0 Å². The number of amides is 1. The summed E-state index contributed by atoms with van der Waals surface area (Å²) in [6, 6.07) is 2.13. The van der Waals surface area contributed by atoms with E-state index in [9.17, 15) is 4.79 Å². The third kappa shape index (κ3) is 2.59. The van der Waals surface area contributed by atoms with Crippen molar-refractivity contribution in [1.82, 2.24) is 29.7 Å².